The Morgan fingerprint density at radius 2 is 1.42 bits per heavy atom. The third-order valence-corrected chi connectivity index (χ3v) is 3.61. The van der Waals surface area contributed by atoms with Gasteiger partial charge in [0.1, 0.15) is 4.91 Å². The van der Waals surface area contributed by atoms with Gasteiger partial charge in [0.2, 0.25) is 0 Å². The van der Waals surface area contributed by atoms with Crippen molar-refractivity contribution in [1.29, 1.82) is 0 Å². The van der Waals surface area contributed by atoms with E-state index in [1.807, 2.05) is 5.43 Å². The molecule has 0 amide bonds. The highest BCUT2D eigenvalue weighted by Crippen LogP contribution is 2.18. The molecule has 0 aliphatic heterocycles. The molecule has 0 saturated heterocycles. The van der Waals surface area contributed by atoms with Crippen molar-refractivity contribution in [2.24, 2.45) is 10.7 Å². The number of hydrogen-bond donors (Lipinski definition) is 3. The first-order chi connectivity index (χ1) is 9.18. The first kappa shape index (κ1) is 15.7. The Morgan fingerprint density at radius 3 is 1.84 bits per heavy atom. The first-order valence-corrected chi connectivity index (χ1v) is 7.44. The number of nitrogens with one attached hydrogen (secondary N) is 1. The second kappa shape index (κ2) is 9.58. The monoisotopic (exact) mass is 271 g/mol. The summed E-state index contributed by atoms with van der Waals surface area (Å²) in [5.74, 6) is -0.00501. The van der Waals surface area contributed by atoms with Gasteiger partial charge in [0.15, 0.2) is 0 Å². The molecule has 0 unspecified atom stereocenters. The molecule has 1 fully saturated rings. The van der Waals surface area contributed by atoms with E-state index >= 15 is 0 Å². The Hall–Kier alpha value is -1.33. The van der Waals surface area contributed by atoms with E-state index in [0.717, 1.165) is 25.7 Å². The first-order valence-electron chi connectivity index (χ1n) is 7.44. The minimum absolute atomic E-state index is 0.00501. The summed E-state index contributed by atoms with van der Waals surface area (Å²) in [4.78, 5) is 14.7. The van der Waals surface area contributed by atoms with E-state index in [9.17, 15) is 4.91 Å². The molecule has 0 bridgehead atoms. The molecule has 0 aromatic carbocycles. The number of aliphatic imine (C=N–C) groups is 1. The number of nitrogens with zero attached hydrogens (tertiary/aromatic N) is 2. The van der Waals surface area contributed by atoms with Crippen LogP contribution in [0.15, 0.2) is 4.99 Å². The van der Waals surface area contributed by atoms with E-state index in [1.165, 1.54) is 44.9 Å². The molecule has 0 aromatic rings. The zero-order chi connectivity index (χ0) is 13.9. The summed E-state index contributed by atoms with van der Waals surface area (Å²) in [7, 11) is 0. The molecule has 0 aromatic heterocycles. The summed E-state index contributed by atoms with van der Waals surface area (Å²) in [6.07, 6.45) is 13.5. The second-order valence-corrected chi connectivity index (χ2v) is 5.31. The van der Waals surface area contributed by atoms with Crippen molar-refractivity contribution >= 4 is 5.96 Å². The summed E-state index contributed by atoms with van der Waals surface area (Å²) in [6, 6.07) is 0.159. The lowest BCUT2D eigenvalue weighted by Crippen LogP contribution is -2.38. The molecule has 0 spiro atoms. The summed E-state index contributed by atoms with van der Waals surface area (Å²) < 4.78 is 0. The second-order valence-electron chi connectivity index (χ2n) is 5.31. The van der Waals surface area contributed by atoms with Crippen molar-refractivity contribution in [3.05, 3.63) is 4.91 Å². The summed E-state index contributed by atoms with van der Waals surface area (Å²) in [5.41, 5.74) is 7.60. The van der Waals surface area contributed by atoms with E-state index < -0.39 is 5.03 Å². The normalized spacial score (nSPS) is 21.2. The lowest BCUT2D eigenvalue weighted by molar-refractivity contribution is -0.822. The molecule has 4 N–H and O–H groups in total. The maximum atomic E-state index is 10.4. The van der Waals surface area contributed by atoms with Crippen molar-refractivity contribution in [2.45, 2.75) is 76.7 Å². The van der Waals surface area contributed by atoms with Crippen LogP contribution in [-0.4, -0.2) is 22.2 Å². The Kier molecular flexibility index (Phi) is 7.93. The number of hydrazine groups is 1. The molecule has 1 rings (SSSR count). The van der Waals surface area contributed by atoms with Crippen LogP contribution in [0.5, 0.6) is 0 Å². The predicted molar refractivity (Wildman–Crippen MR) is 74.7 cm³/mol. The van der Waals surface area contributed by atoms with E-state index in [-0.39, 0.29) is 12.0 Å². The van der Waals surface area contributed by atoms with Gasteiger partial charge in [-0.05, 0) is 18.3 Å². The molecular weight excluding hydrogens is 244 g/mol. The van der Waals surface area contributed by atoms with Crippen molar-refractivity contribution in [3.8, 4) is 0 Å². The standard InChI is InChI=1S/C13H27N4O2/c14-13(16-17(18)19)15-12-10-8-6-4-2-1-3-5-7-9-11-12/h12H,1-11H2,(H,18,19)(H3,14,15,16)/q+1. The van der Waals surface area contributed by atoms with Crippen LogP contribution < -0.4 is 11.2 Å². The molecule has 110 valence electrons. The molecular formula is C13H27N4O2+. The molecule has 0 radical (unpaired) electrons. The van der Waals surface area contributed by atoms with Crippen LogP contribution in [0, 0.1) is 4.91 Å². The van der Waals surface area contributed by atoms with Crippen LogP contribution in [-0.2, 0) is 0 Å². The highest BCUT2D eigenvalue weighted by atomic mass is 16.7. The van der Waals surface area contributed by atoms with Crippen LogP contribution in [0.2, 0.25) is 0 Å². The van der Waals surface area contributed by atoms with Gasteiger partial charge in [0.05, 0.1) is 6.04 Å². The summed E-state index contributed by atoms with van der Waals surface area (Å²) in [6.45, 7) is 0. The summed E-state index contributed by atoms with van der Waals surface area (Å²) >= 11 is 0. The number of nitrogens with two attached hydrogens (primary N) is 1. The van der Waals surface area contributed by atoms with Crippen LogP contribution in [0.1, 0.15) is 70.6 Å². The van der Waals surface area contributed by atoms with Crippen molar-refractivity contribution in [3.63, 3.8) is 0 Å². The Bertz CT molecular complexity index is 282. The van der Waals surface area contributed by atoms with Gasteiger partial charge >= 0.3 is 5.03 Å². The fourth-order valence-corrected chi connectivity index (χ4v) is 2.59. The van der Waals surface area contributed by atoms with E-state index in [1.54, 1.807) is 0 Å². The molecule has 1 aliphatic rings. The van der Waals surface area contributed by atoms with Gasteiger partial charge in [-0.2, -0.15) is 0 Å². The van der Waals surface area contributed by atoms with Crippen molar-refractivity contribution < 1.29 is 10.2 Å². The van der Waals surface area contributed by atoms with Crippen molar-refractivity contribution in [2.75, 3.05) is 0 Å². The third kappa shape index (κ3) is 8.40. The van der Waals surface area contributed by atoms with E-state index in [4.69, 9.17) is 10.9 Å². The SMILES string of the molecule is NC(=NC1CCCCCCCCCCC1)N[N+](=O)O. The van der Waals surface area contributed by atoms with Gasteiger partial charge in [-0.3, -0.25) is 0 Å². The Balaban J connectivity index is 2.43. The maximum absolute atomic E-state index is 10.4. The van der Waals surface area contributed by atoms with Crippen LogP contribution in [0.25, 0.3) is 0 Å². The number of rotatable bonds is 2. The lowest BCUT2D eigenvalue weighted by atomic mass is 9.98. The quantitative estimate of drug-likeness (QED) is 0.409. The topological polar surface area (TPSA) is 90.7 Å². The highest BCUT2D eigenvalue weighted by Gasteiger charge is 2.11. The van der Waals surface area contributed by atoms with Gasteiger partial charge in [-0.25, -0.2) is 10.2 Å². The molecule has 6 nitrogen and oxygen atoms in total. The van der Waals surface area contributed by atoms with Gasteiger partial charge in [0, 0.05) is 0 Å². The predicted octanol–water partition coefficient (Wildman–Crippen LogP) is 2.65. The molecule has 0 atom stereocenters. The van der Waals surface area contributed by atoms with Gasteiger partial charge in [-0.15, -0.1) is 0 Å². The average molecular weight is 271 g/mol. The molecule has 6 heteroatoms. The fraction of sp³-hybridized carbons (Fsp3) is 0.923. The van der Waals surface area contributed by atoms with E-state index in [2.05, 4.69) is 4.99 Å². The average Bonchev–Trinajstić information content (AvgIpc) is 2.31. The fourth-order valence-electron chi connectivity index (χ4n) is 2.59. The zero-order valence-electron chi connectivity index (χ0n) is 11.7. The van der Waals surface area contributed by atoms with E-state index in [0.29, 0.717) is 0 Å². The van der Waals surface area contributed by atoms with Gasteiger partial charge in [-0.1, -0.05) is 57.8 Å². The number of hydrogen-bond acceptors (Lipinski definition) is 2. The lowest BCUT2D eigenvalue weighted by Gasteiger charge is -2.14. The molecule has 0 heterocycles. The highest BCUT2D eigenvalue weighted by molar-refractivity contribution is 5.76. The summed E-state index contributed by atoms with van der Waals surface area (Å²) in [5, 5.41) is 8.10. The van der Waals surface area contributed by atoms with Gasteiger partial charge < -0.3 is 5.73 Å². The Morgan fingerprint density at radius 1 is 1.00 bits per heavy atom. The van der Waals surface area contributed by atoms with Crippen LogP contribution in [0.4, 0.5) is 0 Å². The molecule has 1 aliphatic carbocycles. The zero-order valence-corrected chi connectivity index (χ0v) is 11.7. The Labute approximate surface area is 115 Å². The van der Waals surface area contributed by atoms with Crippen LogP contribution in [0.3, 0.4) is 0 Å². The minimum Gasteiger partial charge on any atom is -0.365 e. The largest absolute Gasteiger partial charge is 0.365 e. The molecule has 19 heavy (non-hydrogen) atoms. The van der Waals surface area contributed by atoms with Crippen molar-refractivity contribution in [1.82, 2.24) is 5.43 Å². The minimum atomic E-state index is -0.409. The van der Waals surface area contributed by atoms with Gasteiger partial charge in [0.25, 0.3) is 5.96 Å². The molecule has 1 saturated carbocycles. The van der Waals surface area contributed by atoms with Crippen LogP contribution >= 0.6 is 0 Å². The number of guanidine groups is 1. The maximum Gasteiger partial charge on any atom is 0.362 e. The third-order valence-electron chi connectivity index (χ3n) is 3.61. The smallest absolute Gasteiger partial charge is 0.362 e.